The van der Waals surface area contributed by atoms with E-state index in [2.05, 4.69) is 15.9 Å². The molecule has 2 aromatic rings. The summed E-state index contributed by atoms with van der Waals surface area (Å²) in [5.41, 5.74) is 0.682. The molecule has 2 rings (SSSR count). The highest BCUT2D eigenvalue weighted by atomic mass is 79.9. The standard InChI is InChI=1S/C14H10BrNO5S/c15-10-9-11-1-7-14(8-2-11)22(19,20)21-13-5-3-12(4-6-13)16(17)18/h1-10H/b10-9-. The van der Waals surface area contributed by atoms with E-state index < -0.39 is 15.0 Å². The minimum absolute atomic E-state index is 0.00225. The number of hydrogen-bond donors (Lipinski definition) is 0. The maximum atomic E-state index is 12.1. The first-order chi connectivity index (χ1) is 10.4. The summed E-state index contributed by atoms with van der Waals surface area (Å²) in [5.74, 6) is 0.00929. The SMILES string of the molecule is O=[N+]([O-])c1ccc(OS(=O)(=O)c2ccc(/C=C\Br)cc2)cc1. The van der Waals surface area contributed by atoms with Gasteiger partial charge in [-0.05, 0) is 40.9 Å². The van der Waals surface area contributed by atoms with Crippen LogP contribution in [0.15, 0.2) is 58.4 Å². The van der Waals surface area contributed by atoms with Gasteiger partial charge < -0.3 is 4.18 Å². The topological polar surface area (TPSA) is 86.5 Å². The van der Waals surface area contributed by atoms with Crippen molar-refractivity contribution < 1.29 is 17.5 Å². The maximum absolute atomic E-state index is 12.1. The minimum Gasteiger partial charge on any atom is -0.379 e. The first-order valence-electron chi connectivity index (χ1n) is 5.98. The lowest BCUT2D eigenvalue weighted by Crippen LogP contribution is -2.09. The van der Waals surface area contributed by atoms with Gasteiger partial charge in [0.15, 0.2) is 0 Å². The molecule has 0 heterocycles. The van der Waals surface area contributed by atoms with Crippen LogP contribution in [0, 0.1) is 10.1 Å². The molecule has 0 radical (unpaired) electrons. The van der Waals surface area contributed by atoms with Crippen molar-refractivity contribution in [1.29, 1.82) is 0 Å². The van der Waals surface area contributed by atoms with Crippen LogP contribution in [0.2, 0.25) is 0 Å². The van der Waals surface area contributed by atoms with Gasteiger partial charge in [0.1, 0.15) is 10.6 Å². The third kappa shape index (κ3) is 3.92. The van der Waals surface area contributed by atoms with Crippen LogP contribution in [-0.4, -0.2) is 13.3 Å². The van der Waals surface area contributed by atoms with Gasteiger partial charge in [0.05, 0.1) is 4.92 Å². The van der Waals surface area contributed by atoms with Gasteiger partial charge in [0.2, 0.25) is 0 Å². The fourth-order valence-corrected chi connectivity index (χ4v) is 2.85. The summed E-state index contributed by atoms with van der Waals surface area (Å²) in [6.07, 6.45) is 1.76. The van der Waals surface area contributed by atoms with Gasteiger partial charge in [-0.2, -0.15) is 8.42 Å². The van der Waals surface area contributed by atoms with Crippen molar-refractivity contribution in [1.82, 2.24) is 0 Å². The summed E-state index contributed by atoms with van der Waals surface area (Å²) >= 11 is 3.13. The van der Waals surface area contributed by atoms with E-state index in [-0.39, 0.29) is 16.3 Å². The van der Waals surface area contributed by atoms with Gasteiger partial charge >= 0.3 is 10.1 Å². The van der Waals surface area contributed by atoms with Crippen LogP contribution in [0.1, 0.15) is 5.56 Å². The molecule has 8 heteroatoms. The average Bonchev–Trinajstić information content (AvgIpc) is 2.48. The third-order valence-electron chi connectivity index (χ3n) is 2.68. The largest absolute Gasteiger partial charge is 0.379 e. The normalized spacial score (nSPS) is 11.5. The Bertz CT molecular complexity index is 798. The van der Waals surface area contributed by atoms with Crippen molar-refractivity contribution in [3.05, 3.63) is 69.2 Å². The molecule has 0 spiro atoms. The Morgan fingerprint density at radius 3 is 2.14 bits per heavy atom. The van der Waals surface area contributed by atoms with Crippen LogP contribution in [0.25, 0.3) is 6.08 Å². The molecule has 22 heavy (non-hydrogen) atoms. The lowest BCUT2D eigenvalue weighted by atomic mass is 10.2. The summed E-state index contributed by atoms with van der Waals surface area (Å²) < 4.78 is 29.2. The smallest absolute Gasteiger partial charge is 0.339 e. The van der Waals surface area contributed by atoms with Crippen molar-refractivity contribution in [2.75, 3.05) is 0 Å². The third-order valence-corrected chi connectivity index (χ3v) is 4.20. The summed E-state index contributed by atoms with van der Waals surface area (Å²) in [6.45, 7) is 0. The van der Waals surface area contributed by atoms with Gasteiger partial charge in [0, 0.05) is 12.1 Å². The van der Waals surface area contributed by atoms with Gasteiger partial charge in [-0.25, -0.2) is 0 Å². The molecule has 2 aromatic carbocycles. The molecular formula is C14H10BrNO5S. The zero-order valence-corrected chi connectivity index (χ0v) is 13.5. The Morgan fingerprint density at radius 1 is 1.05 bits per heavy atom. The van der Waals surface area contributed by atoms with Crippen molar-refractivity contribution in [3.8, 4) is 5.75 Å². The Balaban J connectivity index is 2.21. The fraction of sp³-hybridized carbons (Fsp3) is 0. The van der Waals surface area contributed by atoms with Gasteiger partial charge in [-0.15, -0.1) is 0 Å². The highest BCUT2D eigenvalue weighted by Gasteiger charge is 2.17. The first kappa shape index (κ1) is 16.2. The van der Waals surface area contributed by atoms with Crippen LogP contribution in [0.3, 0.4) is 0 Å². The van der Waals surface area contributed by atoms with Crippen LogP contribution in [0.5, 0.6) is 5.75 Å². The molecule has 0 atom stereocenters. The maximum Gasteiger partial charge on any atom is 0.339 e. The first-order valence-corrected chi connectivity index (χ1v) is 8.30. The highest BCUT2D eigenvalue weighted by Crippen LogP contribution is 2.22. The summed E-state index contributed by atoms with van der Waals surface area (Å²) in [6, 6.07) is 10.9. The Morgan fingerprint density at radius 2 is 1.64 bits per heavy atom. The van der Waals surface area contributed by atoms with E-state index in [1.54, 1.807) is 23.2 Å². The molecule has 0 unspecified atom stereocenters. The average molecular weight is 384 g/mol. The number of nitrogens with zero attached hydrogens (tertiary/aromatic N) is 1. The molecule has 114 valence electrons. The van der Waals surface area contributed by atoms with E-state index in [0.717, 1.165) is 5.56 Å². The van der Waals surface area contributed by atoms with E-state index in [1.165, 1.54) is 36.4 Å². The molecule has 0 aliphatic carbocycles. The lowest BCUT2D eigenvalue weighted by Gasteiger charge is -2.07. The van der Waals surface area contributed by atoms with Crippen molar-refractivity contribution in [2.45, 2.75) is 4.90 Å². The number of halogens is 1. The zero-order chi connectivity index (χ0) is 16.2. The molecule has 0 aliphatic rings. The predicted molar refractivity (Wildman–Crippen MR) is 85.3 cm³/mol. The van der Waals surface area contributed by atoms with Crippen molar-refractivity contribution >= 4 is 37.8 Å². The summed E-state index contributed by atoms with van der Waals surface area (Å²) in [4.78, 5) is 11.6. The Labute approximate surface area is 135 Å². The molecule has 0 fully saturated rings. The second-order valence-electron chi connectivity index (χ2n) is 4.15. The molecular weight excluding hydrogens is 374 g/mol. The zero-order valence-electron chi connectivity index (χ0n) is 11.0. The second kappa shape index (κ2) is 6.71. The molecule has 0 amide bonds. The summed E-state index contributed by atoms with van der Waals surface area (Å²) in [5, 5.41) is 10.5. The monoisotopic (exact) mass is 383 g/mol. The highest BCUT2D eigenvalue weighted by molar-refractivity contribution is 9.11. The number of hydrogen-bond acceptors (Lipinski definition) is 5. The molecule has 0 saturated heterocycles. The molecule has 0 saturated carbocycles. The van der Waals surface area contributed by atoms with E-state index >= 15 is 0 Å². The predicted octanol–water partition coefficient (Wildman–Crippen LogP) is 3.73. The van der Waals surface area contributed by atoms with Crippen LogP contribution >= 0.6 is 15.9 Å². The van der Waals surface area contributed by atoms with Crippen LogP contribution < -0.4 is 4.18 Å². The Kier molecular flexibility index (Phi) is 4.94. The molecule has 0 aromatic heterocycles. The molecule has 0 N–H and O–H groups in total. The van der Waals surface area contributed by atoms with Crippen LogP contribution in [-0.2, 0) is 10.1 Å². The van der Waals surface area contributed by atoms with E-state index in [1.807, 2.05) is 0 Å². The van der Waals surface area contributed by atoms with Gasteiger partial charge in [0.25, 0.3) is 5.69 Å². The quantitative estimate of drug-likeness (QED) is 0.445. The number of benzene rings is 2. The minimum atomic E-state index is -3.98. The van der Waals surface area contributed by atoms with Crippen molar-refractivity contribution in [3.63, 3.8) is 0 Å². The second-order valence-corrected chi connectivity index (χ2v) is 6.23. The molecule has 0 bridgehead atoms. The number of nitro groups is 1. The fourth-order valence-electron chi connectivity index (χ4n) is 1.62. The summed E-state index contributed by atoms with van der Waals surface area (Å²) in [7, 11) is -3.98. The number of non-ortho nitro benzene ring substituents is 1. The number of nitro benzene ring substituents is 1. The van der Waals surface area contributed by atoms with Gasteiger partial charge in [-0.3, -0.25) is 10.1 Å². The van der Waals surface area contributed by atoms with E-state index in [0.29, 0.717) is 0 Å². The molecule has 0 aliphatic heterocycles. The van der Waals surface area contributed by atoms with Gasteiger partial charge in [-0.1, -0.05) is 28.1 Å². The van der Waals surface area contributed by atoms with Crippen molar-refractivity contribution in [2.24, 2.45) is 0 Å². The molecule has 6 nitrogen and oxygen atoms in total. The Hall–Kier alpha value is -2.19. The lowest BCUT2D eigenvalue weighted by molar-refractivity contribution is -0.384. The van der Waals surface area contributed by atoms with E-state index in [4.69, 9.17) is 4.18 Å². The van der Waals surface area contributed by atoms with E-state index in [9.17, 15) is 18.5 Å². The van der Waals surface area contributed by atoms with Crippen LogP contribution in [0.4, 0.5) is 5.69 Å². The number of rotatable bonds is 5.